The van der Waals surface area contributed by atoms with E-state index in [0.29, 0.717) is 10.8 Å². The third-order valence-corrected chi connectivity index (χ3v) is 5.28. The summed E-state index contributed by atoms with van der Waals surface area (Å²) < 4.78 is 0. The van der Waals surface area contributed by atoms with Crippen molar-refractivity contribution in [1.29, 1.82) is 0 Å². The maximum Gasteiger partial charge on any atom is -0.0223 e. The lowest BCUT2D eigenvalue weighted by Crippen LogP contribution is -2.41. The van der Waals surface area contributed by atoms with Crippen LogP contribution in [-0.2, 0) is 6.42 Å². The zero-order valence-corrected chi connectivity index (χ0v) is 14.5. The van der Waals surface area contributed by atoms with Gasteiger partial charge in [0, 0.05) is 0 Å². The second-order valence-electron chi connectivity index (χ2n) is 7.65. The Labute approximate surface area is 127 Å². The van der Waals surface area contributed by atoms with E-state index in [2.05, 4.69) is 71.9 Å². The first-order chi connectivity index (χ1) is 9.33. The van der Waals surface area contributed by atoms with Crippen LogP contribution in [0.4, 0.5) is 0 Å². The van der Waals surface area contributed by atoms with Crippen molar-refractivity contribution in [2.75, 3.05) is 0 Å². The fraction of sp³-hybridized carbons (Fsp3) is 0.700. The van der Waals surface area contributed by atoms with Crippen molar-refractivity contribution >= 4 is 0 Å². The third-order valence-electron chi connectivity index (χ3n) is 5.28. The first kappa shape index (κ1) is 17.3. The summed E-state index contributed by atoms with van der Waals surface area (Å²) in [6.45, 7) is 14.5. The van der Waals surface area contributed by atoms with Crippen molar-refractivity contribution in [3.05, 3.63) is 35.9 Å². The van der Waals surface area contributed by atoms with Crippen LogP contribution in [0.2, 0.25) is 0 Å². The van der Waals surface area contributed by atoms with Gasteiger partial charge in [-0.15, -0.1) is 0 Å². The van der Waals surface area contributed by atoms with Gasteiger partial charge in [0.1, 0.15) is 0 Å². The third kappa shape index (κ3) is 4.11. The fourth-order valence-electron chi connectivity index (χ4n) is 3.82. The molecule has 0 radical (unpaired) electrons. The number of hydrogen-bond donors (Lipinski definition) is 0. The normalized spacial score (nSPS) is 15.3. The Morgan fingerprint density at radius 3 is 2.00 bits per heavy atom. The maximum atomic E-state index is 2.44. The molecule has 0 N–H and O–H groups in total. The molecule has 0 saturated heterocycles. The molecule has 1 aromatic carbocycles. The molecule has 0 aromatic heterocycles. The molecule has 114 valence electrons. The van der Waals surface area contributed by atoms with Crippen LogP contribution in [0.1, 0.15) is 72.8 Å². The van der Waals surface area contributed by atoms with Crippen LogP contribution in [0.5, 0.6) is 0 Å². The average Bonchev–Trinajstić information content (AvgIpc) is 2.38. The molecule has 0 heterocycles. The van der Waals surface area contributed by atoms with Crippen molar-refractivity contribution < 1.29 is 0 Å². The minimum atomic E-state index is 0.366. The molecule has 0 aliphatic heterocycles. The van der Waals surface area contributed by atoms with Gasteiger partial charge in [0.05, 0.1) is 0 Å². The van der Waals surface area contributed by atoms with E-state index in [-0.39, 0.29) is 0 Å². The lowest BCUT2D eigenvalue weighted by Gasteiger charge is -2.49. The molecular formula is C20H34. The number of hydrogen-bond acceptors (Lipinski definition) is 0. The number of benzene rings is 1. The molecule has 0 saturated carbocycles. The van der Waals surface area contributed by atoms with Crippen molar-refractivity contribution in [2.45, 2.75) is 73.6 Å². The highest BCUT2D eigenvalue weighted by atomic mass is 14.5. The van der Waals surface area contributed by atoms with Gasteiger partial charge < -0.3 is 0 Å². The standard InChI is InChI=1S/C20H34/c1-7-8-15-20(17(2)3,19(4,5)6)16-14-18-12-10-9-11-13-18/h9-13,17H,7-8,14-16H2,1-6H3. The first-order valence-corrected chi connectivity index (χ1v) is 8.37. The van der Waals surface area contributed by atoms with E-state index < -0.39 is 0 Å². The van der Waals surface area contributed by atoms with E-state index in [9.17, 15) is 0 Å². The summed E-state index contributed by atoms with van der Waals surface area (Å²) in [6, 6.07) is 11.0. The summed E-state index contributed by atoms with van der Waals surface area (Å²) in [5.41, 5.74) is 2.29. The van der Waals surface area contributed by atoms with Crippen LogP contribution in [0.3, 0.4) is 0 Å². The highest BCUT2D eigenvalue weighted by molar-refractivity contribution is 5.15. The highest BCUT2D eigenvalue weighted by Crippen LogP contribution is 2.51. The van der Waals surface area contributed by atoms with E-state index in [0.717, 1.165) is 5.92 Å². The van der Waals surface area contributed by atoms with Crippen molar-refractivity contribution in [3.63, 3.8) is 0 Å². The zero-order valence-electron chi connectivity index (χ0n) is 14.5. The Hall–Kier alpha value is -0.780. The van der Waals surface area contributed by atoms with E-state index in [1.807, 2.05) is 0 Å². The van der Waals surface area contributed by atoms with E-state index in [1.54, 1.807) is 0 Å². The van der Waals surface area contributed by atoms with Gasteiger partial charge in [0.2, 0.25) is 0 Å². The molecule has 20 heavy (non-hydrogen) atoms. The molecule has 0 aliphatic rings. The quantitative estimate of drug-likeness (QED) is 0.532. The van der Waals surface area contributed by atoms with Gasteiger partial charge in [-0.2, -0.15) is 0 Å². The fourth-order valence-corrected chi connectivity index (χ4v) is 3.82. The van der Waals surface area contributed by atoms with Crippen LogP contribution in [0.15, 0.2) is 30.3 Å². The van der Waals surface area contributed by atoms with Crippen LogP contribution in [-0.4, -0.2) is 0 Å². The Morgan fingerprint density at radius 1 is 0.950 bits per heavy atom. The van der Waals surface area contributed by atoms with Gasteiger partial charge in [0.15, 0.2) is 0 Å². The minimum Gasteiger partial charge on any atom is -0.0654 e. The lowest BCUT2D eigenvalue weighted by atomic mass is 9.56. The number of aryl methyl sites for hydroxylation is 1. The van der Waals surface area contributed by atoms with Gasteiger partial charge in [-0.3, -0.25) is 0 Å². The molecule has 0 amide bonds. The molecule has 0 spiro atoms. The molecule has 0 fully saturated rings. The molecule has 0 heteroatoms. The molecule has 1 aromatic rings. The first-order valence-electron chi connectivity index (χ1n) is 8.37. The van der Waals surface area contributed by atoms with Crippen LogP contribution in [0.25, 0.3) is 0 Å². The largest absolute Gasteiger partial charge is 0.0654 e. The van der Waals surface area contributed by atoms with Crippen molar-refractivity contribution in [1.82, 2.24) is 0 Å². The summed E-state index contributed by atoms with van der Waals surface area (Å²) in [4.78, 5) is 0. The molecular weight excluding hydrogens is 240 g/mol. The topological polar surface area (TPSA) is 0 Å². The molecule has 0 aliphatic carbocycles. The summed E-state index contributed by atoms with van der Waals surface area (Å²) in [6.07, 6.45) is 6.52. The second-order valence-corrected chi connectivity index (χ2v) is 7.65. The Morgan fingerprint density at radius 2 is 1.55 bits per heavy atom. The van der Waals surface area contributed by atoms with Gasteiger partial charge in [0.25, 0.3) is 0 Å². The monoisotopic (exact) mass is 274 g/mol. The van der Waals surface area contributed by atoms with Gasteiger partial charge in [-0.25, -0.2) is 0 Å². The lowest BCUT2D eigenvalue weighted by molar-refractivity contribution is 0.00903. The summed E-state index contributed by atoms with van der Waals surface area (Å²) in [7, 11) is 0. The second kappa shape index (κ2) is 7.29. The predicted molar refractivity (Wildman–Crippen MR) is 91.0 cm³/mol. The molecule has 0 bridgehead atoms. The maximum absolute atomic E-state index is 2.44. The molecule has 1 rings (SSSR count). The Bertz CT molecular complexity index is 369. The summed E-state index contributed by atoms with van der Waals surface area (Å²) in [5, 5.41) is 0. The Kier molecular flexibility index (Phi) is 6.30. The Balaban J connectivity index is 2.91. The van der Waals surface area contributed by atoms with Crippen LogP contribution >= 0.6 is 0 Å². The van der Waals surface area contributed by atoms with Gasteiger partial charge >= 0.3 is 0 Å². The predicted octanol–water partition coefficient (Wildman–Crippen LogP) is 6.50. The minimum absolute atomic E-state index is 0.366. The molecule has 0 nitrogen and oxygen atoms in total. The van der Waals surface area contributed by atoms with E-state index in [1.165, 1.54) is 37.7 Å². The zero-order chi connectivity index (χ0) is 15.2. The number of rotatable bonds is 7. The number of unbranched alkanes of at least 4 members (excludes halogenated alkanes) is 1. The molecule has 1 atom stereocenters. The summed E-state index contributed by atoms with van der Waals surface area (Å²) in [5.74, 6) is 0.734. The van der Waals surface area contributed by atoms with Crippen LogP contribution in [0, 0.1) is 16.7 Å². The highest BCUT2D eigenvalue weighted by Gasteiger charge is 2.43. The summed E-state index contributed by atoms with van der Waals surface area (Å²) >= 11 is 0. The average molecular weight is 274 g/mol. The smallest absolute Gasteiger partial charge is 0.0223 e. The van der Waals surface area contributed by atoms with Crippen molar-refractivity contribution in [2.24, 2.45) is 16.7 Å². The van der Waals surface area contributed by atoms with E-state index in [4.69, 9.17) is 0 Å². The van der Waals surface area contributed by atoms with Gasteiger partial charge in [-0.1, -0.05) is 84.7 Å². The van der Waals surface area contributed by atoms with Crippen molar-refractivity contribution in [3.8, 4) is 0 Å². The van der Waals surface area contributed by atoms with Crippen LogP contribution < -0.4 is 0 Å². The van der Waals surface area contributed by atoms with Gasteiger partial charge in [-0.05, 0) is 41.6 Å². The SMILES string of the molecule is CCCCC(CCc1ccccc1)(C(C)C)C(C)(C)C. The molecule has 1 unspecified atom stereocenters. The van der Waals surface area contributed by atoms with E-state index >= 15 is 0 Å².